The van der Waals surface area contributed by atoms with Crippen LogP contribution in [0.15, 0.2) is 18.2 Å². The van der Waals surface area contributed by atoms with Crippen LogP contribution in [0.4, 0.5) is 8.78 Å². The highest BCUT2D eigenvalue weighted by molar-refractivity contribution is 5.22. The molecule has 0 radical (unpaired) electrons. The van der Waals surface area contributed by atoms with E-state index >= 15 is 0 Å². The van der Waals surface area contributed by atoms with E-state index in [9.17, 15) is 13.9 Å². The molecule has 0 bridgehead atoms. The highest BCUT2D eigenvalue weighted by Gasteiger charge is 2.21. The predicted octanol–water partition coefficient (Wildman–Crippen LogP) is 1.38. The minimum absolute atomic E-state index is 0.488. The second kappa shape index (κ2) is 3.81. The third-order valence-electron chi connectivity index (χ3n) is 1.75. The van der Waals surface area contributed by atoms with Gasteiger partial charge in [-0.25, -0.2) is 8.78 Å². The molecule has 0 fully saturated rings. The first-order chi connectivity index (χ1) is 6.04. The molecule has 72 valence electrons. The summed E-state index contributed by atoms with van der Waals surface area (Å²) in [7, 11) is 0. The molecule has 2 atom stereocenters. The fourth-order valence-corrected chi connectivity index (χ4v) is 1.03. The van der Waals surface area contributed by atoms with Gasteiger partial charge in [-0.1, -0.05) is 6.07 Å². The Kier molecular flexibility index (Phi) is 2.95. The standard InChI is InChI=1S/C9H10F2O2/c1-5(12)9(13)8-6(10)3-2-4-7(8)11/h2-5,9,12-13H,1H3. The van der Waals surface area contributed by atoms with Crippen LogP contribution in [-0.2, 0) is 0 Å². The quantitative estimate of drug-likeness (QED) is 0.736. The van der Waals surface area contributed by atoms with E-state index in [1.807, 2.05) is 0 Å². The zero-order chi connectivity index (χ0) is 10.0. The number of hydrogen-bond acceptors (Lipinski definition) is 2. The predicted molar refractivity (Wildman–Crippen MR) is 43.0 cm³/mol. The van der Waals surface area contributed by atoms with Crippen LogP contribution in [0.3, 0.4) is 0 Å². The molecule has 0 heterocycles. The van der Waals surface area contributed by atoms with Crippen molar-refractivity contribution in [2.24, 2.45) is 0 Å². The Morgan fingerprint density at radius 2 is 1.62 bits per heavy atom. The number of aliphatic hydroxyl groups excluding tert-OH is 2. The number of rotatable bonds is 2. The lowest BCUT2D eigenvalue weighted by molar-refractivity contribution is 0.0259. The Morgan fingerprint density at radius 1 is 1.15 bits per heavy atom. The van der Waals surface area contributed by atoms with Gasteiger partial charge >= 0.3 is 0 Å². The van der Waals surface area contributed by atoms with Gasteiger partial charge in [0.05, 0.1) is 11.7 Å². The van der Waals surface area contributed by atoms with Gasteiger partial charge in [0.15, 0.2) is 0 Å². The molecule has 2 nitrogen and oxygen atoms in total. The Labute approximate surface area is 74.4 Å². The molecule has 0 aromatic heterocycles. The number of halogens is 2. The summed E-state index contributed by atoms with van der Waals surface area (Å²) in [4.78, 5) is 0. The van der Waals surface area contributed by atoms with Gasteiger partial charge in [-0.2, -0.15) is 0 Å². The highest BCUT2D eigenvalue weighted by atomic mass is 19.1. The summed E-state index contributed by atoms with van der Waals surface area (Å²) in [6.45, 7) is 1.26. The van der Waals surface area contributed by atoms with Crippen molar-refractivity contribution in [2.75, 3.05) is 0 Å². The molecule has 0 aliphatic carbocycles. The molecule has 2 N–H and O–H groups in total. The van der Waals surface area contributed by atoms with Gasteiger partial charge in [0, 0.05) is 0 Å². The molecule has 1 aromatic rings. The van der Waals surface area contributed by atoms with E-state index in [1.54, 1.807) is 0 Å². The Hall–Kier alpha value is -1.00. The van der Waals surface area contributed by atoms with Crippen LogP contribution in [0.1, 0.15) is 18.6 Å². The highest BCUT2D eigenvalue weighted by Crippen LogP contribution is 2.22. The molecule has 2 unspecified atom stereocenters. The molecule has 0 saturated carbocycles. The first-order valence-corrected chi connectivity index (χ1v) is 3.84. The summed E-state index contributed by atoms with van der Waals surface area (Å²) < 4.78 is 25.9. The molecule has 13 heavy (non-hydrogen) atoms. The third-order valence-corrected chi connectivity index (χ3v) is 1.75. The fraction of sp³-hybridized carbons (Fsp3) is 0.333. The van der Waals surface area contributed by atoms with Crippen LogP contribution in [0.2, 0.25) is 0 Å². The topological polar surface area (TPSA) is 40.5 Å². The summed E-state index contributed by atoms with van der Waals surface area (Å²) in [6, 6.07) is 3.26. The lowest BCUT2D eigenvalue weighted by Gasteiger charge is -2.14. The molecule has 0 amide bonds. The van der Waals surface area contributed by atoms with E-state index < -0.39 is 29.4 Å². The van der Waals surface area contributed by atoms with Crippen LogP contribution in [0.25, 0.3) is 0 Å². The normalized spacial score (nSPS) is 15.5. The molecule has 4 heteroatoms. The minimum atomic E-state index is -1.53. The lowest BCUT2D eigenvalue weighted by atomic mass is 10.0. The Bertz CT molecular complexity index is 279. The van der Waals surface area contributed by atoms with Crippen molar-refractivity contribution in [3.05, 3.63) is 35.4 Å². The molecule has 1 aromatic carbocycles. The molecular weight excluding hydrogens is 178 g/mol. The first-order valence-electron chi connectivity index (χ1n) is 3.84. The SMILES string of the molecule is CC(O)C(O)c1c(F)cccc1F. The first kappa shape index (κ1) is 10.1. The van der Waals surface area contributed by atoms with Crippen molar-refractivity contribution in [1.29, 1.82) is 0 Å². The summed E-state index contributed by atoms with van der Waals surface area (Å²) in [5.74, 6) is -1.71. The monoisotopic (exact) mass is 188 g/mol. The maximum Gasteiger partial charge on any atom is 0.132 e. The van der Waals surface area contributed by atoms with Gasteiger partial charge in [-0.15, -0.1) is 0 Å². The molecule has 0 spiro atoms. The van der Waals surface area contributed by atoms with E-state index in [2.05, 4.69) is 0 Å². The van der Waals surface area contributed by atoms with E-state index in [4.69, 9.17) is 5.11 Å². The van der Waals surface area contributed by atoms with Gasteiger partial charge in [-0.05, 0) is 19.1 Å². The number of aliphatic hydroxyl groups is 2. The molecule has 0 aliphatic heterocycles. The largest absolute Gasteiger partial charge is 0.390 e. The third kappa shape index (κ3) is 2.02. The smallest absolute Gasteiger partial charge is 0.132 e. The van der Waals surface area contributed by atoms with Crippen LogP contribution < -0.4 is 0 Å². The number of hydrogen-bond donors (Lipinski definition) is 2. The van der Waals surface area contributed by atoms with E-state index in [0.29, 0.717) is 0 Å². The fourth-order valence-electron chi connectivity index (χ4n) is 1.03. The van der Waals surface area contributed by atoms with Gasteiger partial charge in [0.2, 0.25) is 0 Å². The van der Waals surface area contributed by atoms with Crippen molar-refractivity contribution >= 4 is 0 Å². The van der Waals surface area contributed by atoms with E-state index in [0.717, 1.165) is 12.1 Å². The van der Waals surface area contributed by atoms with Gasteiger partial charge in [0.1, 0.15) is 17.7 Å². The lowest BCUT2D eigenvalue weighted by Crippen LogP contribution is -2.16. The van der Waals surface area contributed by atoms with Crippen LogP contribution >= 0.6 is 0 Å². The molecule has 1 rings (SSSR count). The van der Waals surface area contributed by atoms with Crippen LogP contribution in [0.5, 0.6) is 0 Å². The van der Waals surface area contributed by atoms with Crippen molar-refractivity contribution in [1.82, 2.24) is 0 Å². The Balaban J connectivity index is 3.12. The van der Waals surface area contributed by atoms with E-state index in [-0.39, 0.29) is 0 Å². The zero-order valence-corrected chi connectivity index (χ0v) is 7.04. The van der Waals surface area contributed by atoms with Crippen LogP contribution in [-0.4, -0.2) is 16.3 Å². The Morgan fingerprint density at radius 3 is 2.00 bits per heavy atom. The van der Waals surface area contributed by atoms with Gasteiger partial charge < -0.3 is 10.2 Å². The summed E-state index contributed by atoms with van der Waals surface area (Å²) >= 11 is 0. The van der Waals surface area contributed by atoms with Crippen LogP contribution in [0, 0.1) is 11.6 Å². The van der Waals surface area contributed by atoms with Crippen molar-refractivity contribution < 1.29 is 19.0 Å². The summed E-state index contributed by atoms with van der Waals surface area (Å²) in [5, 5.41) is 18.2. The second-order valence-corrected chi connectivity index (χ2v) is 2.82. The molecule has 0 aliphatic rings. The molecular formula is C9H10F2O2. The van der Waals surface area contributed by atoms with Crippen molar-refractivity contribution in [3.8, 4) is 0 Å². The van der Waals surface area contributed by atoms with Gasteiger partial charge in [0.25, 0.3) is 0 Å². The molecule has 0 saturated heterocycles. The average molecular weight is 188 g/mol. The van der Waals surface area contributed by atoms with Gasteiger partial charge in [-0.3, -0.25) is 0 Å². The second-order valence-electron chi connectivity index (χ2n) is 2.82. The van der Waals surface area contributed by atoms with E-state index in [1.165, 1.54) is 13.0 Å². The maximum absolute atomic E-state index is 13.0. The number of benzene rings is 1. The zero-order valence-electron chi connectivity index (χ0n) is 7.04. The van der Waals surface area contributed by atoms with Crippen molar-refractivity contribution in [3.63, 3.8) is 0 Å². The summed E-state index contributed by atoms with van der Waals surface area (Å²) in [5.41, 5.74) is -0.488. The minimum Gasteiger partial charge on any atom is -0.390 e. The van der Waals surface area contributed by atoms with Crippen molar-refractivity contribution in [2.45, 2.75) is 19.1 Å². The summed E-state index contributed by atoms with van der Waals surface area (Å²) in [6.07, 6.45) is -2.73. The maximum atomic E-state index is 13.0. The average Bonchev–Trinajstić information content (AvgIpc) is 2.03.